The van der Waals surface area contributed by atoms with Gasteiger partial charge in [-0.2, -0.15) is 0 Å². The molecule has 4 heteroatoms. The minimum Gasteiger partial charge on any atom is -0.480 e. The van der Waals surface area contributed by atoms with E-state index in [1.54, 1.807) is 0 Å². The van der Waals surface area contributed by atoms with Crippen molar-refractivity contribution < 1.29 is 14.7 Å². The minimum atomic E-state index is -0.929. The molecular weight excluding hydrogens is 134 g/mol. The van der Waals surface area contributed by atoms with Crippen molar-refractivity contribution in [3.8, 4) is 0 Å². The van der Waals surface area contributed by atoms with Crippen molar-refractivity contribution in [3.05, 3.63) is 0 Å². The Morgan fingerprint density at radius 1 is 1.60 bits per heavy atom. The molecule has 1 aliphatic rings. The number of aliphatic carboxylic acids is 1. The molecule has 1 amide bonds. The number of rotatable bonds is 3. The van der Waals surface area contributed by atoms with Crippen LogP contribution in [0.3, 0.4) is 0 Å². The van der Waals surface area contributed by atoms with E-state index in [-0.39, 0.29) is 0 Å². The molecule has 0 atom stereocenters. The Balaban J connectivity index is 2.58. The summed E-state index contributed by atoms with van der Waals surface area (Å²) in [6.45, 7) is 0. The summed E-state index contributed by atoms with van der Waals surface area (Å²) >= 11 is 0. The first-order chi connectivity index (χ1) is 4.71. The Bertz CT molecular complexity index is 162. The summed E-state index contributed by atoms with van der Waals surface area (Å²) in [5.41, 5.74) is -0.929. The highest BCUT2D eigenvalue weighted by molar-refractivity contribution is 5.82. The number of amides is 1. The van der Waals surface area contributed by atoms with Gasteiger partial charge >= 0.3 is 5.97 Å². The molecule has 4 nitrogen and oxygen atoms in total. The zero-order valence-electron chi connectivity index (χ0n) is 5.46. The molecular formula is C6H9NO3. The maximum absolute atomic E-state index is 10.5. The third kappa shape index (κ3) is 0.853. The Morgan fingerprint density at radius 2 is 2.20 bits per heavy atom. The van der Waals surface area contributed by atoms with Gasteiger partial charge < -0.3 is 10.4 Å². The molecule has 1 aliphatic carbocycles. The third-order valence-corrected chi connectivity index (χ3v) is 1.95. The van der Waals surface area contributed by atoms with Crippen LogP contribution in [-0.2, 0) is 9.59 Å². The molecule has 0 saturated heterocycles. The number of carbonyl (C=O) groups excluding carboxylic acids is 1. The van der Waals surface area contributed by atoms with E-state index in [9.17, 15) is 9.59 Å². The summed E-state index contributed by atoms with van der Waals surface area (Å²) < 4.78 is 0. The molecule has 56 valence electrons. The lowest BCUT2D eigenvalue weighted by Gasteiger charge is -2.36. The van der Waals surface area contributed by atoms with Crippen LogP contribution in [0.1, 0.15) is 19.3 Å². The molecule has 0 bridgehead atoms. The average Bonchev–Trinajstić information content (AvgIpc) is 1.77. The highest BCUT2D eigenvalue weighted by Gasteiger charge is 2.43. The largest absolute Gasteiger partial charge is 0.480 e. The van der Waals surface area contributed by atoms with Crippen LogP contribution in [-0.4, -0.2) is 23.0 Å². The summed E-state index contributed by atoms with van der Waals surface area (Å²) in [7, 11) is 0. The van der Waals surface area contributed by atoms with Gasteiger partial charge in [-0.3, -0.25) is 4.79 Å². The predicted molar refractivity (Wildman–Crippen MR) is 33.4 cm³/mol. The summed E-state index contributed by atoms with van der Waals surface area (Å²) in [6, 6.07) is 0. The first-order valence-corrected chi connectivity index (χ1v) is 3.16. The third-order valence-electron chi connectivity index (χ3n) is 1.95. The Labute approximate surface area is 58.2 Å². The van der Waals surface area contributed by atoms with Crippen LogP contribution in [0.15, 0.2) is 0 Å². The van der Waals surface area contributed by atoms with Crippen LogP contribution in [0, 0.1) is 0 Å². The van der Waals surface area contributed by atoms with E-state index in [1.165, 1.54) is 0 Å². The lowest BCUT2D eigenvalue weighted by Crippen LogP contribution is -2.56. The van der Waals surface area contributed by atoms with Gasteiger partial charge in [0.2, 0.25) is 6.41 Å². The highest BCUT2D eigenvalue weighted by atomic mass is 16.4. The van der Waals surface area contributed by atoms with Crippen molar-refractivity contribution in [2.24, 2.45) is 0 Å². The number of carboxylic acid groups (broad SMARTS) is 1. The second kappa shape index (κ2) is 2.28. The summed E-state index contributed by atoms with van der Waals surface area (Å²) in [6.07, 6.45) is 2.45. The zero-order chi connectivity index (χ0) is 7.61. The fourth-order valence-electron chi connectivity index (χ4n) is 1.06. The molecule has 0 aromatic rings. The first kappa shape index (κ1) is 7.05. The SMILES string of the molecule is O=CNC1(C(=O)O)CCC1. The van der Waals surface area contributed by atoms with E-state index in [0.29, 0.717) is 19.3 Å². The molecule has 1 rings (SSSR count). The smallest absolute Gasteiger partial charge is 0.329 e. The van der Waals surface area contributed by atoms with Gasteiger partial charge in [-0.15, -0.1) is 0 Å². The lowest BCUT2D eigenvalue weighted by molar-refractivity contribution is -0.150. The van der Waals surface area contributed by atoms with Crippen LogP contribution in [0.4, 0.5) is 0 Å². The van der Waals surface area contributed by atoms with Crippen LogP contribution in [0.25, 0.3) is 0 Å². The number of hydrogen-bond acceptors (Lipinski definition) is 2. The molecule has 0 unspecified atom stereocenters. The summed E-state index contributed by atoms with van der Waals surface area (Å²) in [4.78, 5) is 20.4. The summed E-state index contributed by atoms with van der Waals surface area (Å²) in [5, 5.41) is 10.9. The second-order valence-electron chi connectivity index (χ2n) is 2.50. The Kier molecular flexibility index (Phi) is 1.61. The molecule has 0 aliphatic heterocycles. The second-order valence-corrected chi connectivity index (χ2v) is 2.50. The molecule has 0 spiro atoms. The Morgan fingerprint density at radius 3 is 2.30 bits per heavy atom. The molecule has 0 radical (unpaired) electrons. The van der Waals surface area contributed by atoms with Crippen molar-refractivity contribution in [3.63, 3.8) is 0 Å². The van der Waals surface area contributed by atoms with Gasteiger partial charge in [0, 0.05) is 0 Å². The van der Waals surface area contributed by atoms with Crippen molar-refractivity contribution in [2.75, 3.05) is 0 Å². The fraction of sp³-hybridized carbons (Fsp3) is 0.667. The molecule has 1 saturated carbocycles. The van der Waals surface area contributed by atoms with E-state index in [2.05, 4.69) is 5.32 Å². The van der Waals surface area contributed by atoms with E-state index in [0.717, 1.165) is 6.42 Å². The van der Waals surface area contributed by atoms with Gasteiger partial charge in [-0.1, -0.05) is 0 Å². The minimum absolute atomic E-state index is 0.452. The monoisotopic (exact) mass is 143 g/mol. The maximum Gasteiger partial charge on any atom is 0.329 e. The van der Waals surface area contributed by atoms with E-state index >= 15 is 0 Å². The zero-order valence-corrected chi connectivity index (χ0v) is 5.46. The average molecular weight is 143 g/mol. The predicted octanol–water partition coefficient (Wildman–Crippen LogP) is -0.260. The van der Waals surface area contributed by atoms with E-state index < -0.39 is 11.5 Å². The summed E-state index contributed by atoms with van der Waals surface area (Å²) in [5.74, 6) is -0.925. The molecule has 10 heavy (non-hydrogen) atoms. The topological polar surface area (TPSA) is 66.4 Å². The highest BCUT2D eigenvalue weighted by Crippen LogP contribution is 2.31. The van der Waals surface area contributed by atoms with Gasteiger partial charge in [0.05, 0.1) is 0 Å². The van der Waals surface area contributed by atoms with Crippen molar-refractivity contribution in [2.45, 2.75) is 24.8 Å². The van der Waals surface area contributed by atoms with Gasteiger partial charge in [-0.05, 0) is 19.3 Å². The number of carboxylic acids is 1. The molecule has 0 aromatic heterocycles. The Hall–Kier alpha value is -1.06. The van der Waals surface area contributed by atoms with Crippen LogP contribution < -0.4 is 5.32 Å². The number of hydrogen-bond donors (Lipinski definition) is 2. The van der Waals surface area contributed by atoms with Crippen molar-refractivity contribution in [1.82, 2.24) is 5.32 Å². The molecule has 0 heterocycles. The standard InChI is InChI=1S/C6H9NO3/c8-4-7-6(5(9)10)2-1-3-6/h4H,1-3H2,(H,7,8)(H,9,10). The van der Waals surface area contributed by atoms with E-state index in [4.69, 9.17) is 5.11 Å². The van der Waals surface area contributed by atoms with Gasteiger partial charge in [0.1, 0.15) is 5.54 Å². The van der Waals surface area contributed by atoms with Gasteiger partial charge in [-0.25, -0.2) is 4.79 Å². The number of carbonyl (C=O) groups is 2. The first-order valence-electron chi connectivity index (χ1n) is 3.16. The molecule has 1 fully saturated rings. The van der Waals surface area contributed by atoms with Gasteiger partial charge in [0.15, 0.2) is 0 Å². The fourth-order valence-corrected chi connectivity index (χ4v) is 1.06. The van der Waals surface area contributed by atoms with E-state index in [1.807, 2.05) is 0 Å². The van der Waals surface area contributed by atoms with Crippen LogP contribution in [0.5, 0.6) is 0 Å². The maximum atomic E-state index is 10.5. The van der Waals surface area contributed by atoms with Gasteiger partial charge in [0.25, 0.3) is 0 Å². The number of nitrogens with one attached hydrogen (secondary N) is 1. The normalized spacial score (nSPS) is 20.8. The van der Waals surface area contributed by atoms with Crippen molar-refractivity contribution >= 4 is 12.4 Å². The molecule has 2 N–H and O–H groups in total. The lowest BCUT2D eigenvalue weighted by atomic mass is 9.77. The molecule has 0 aromatic carbocycles. The van der Waals surface area contributed by atoms with Crippen molar-refractivity contribution in [1.29, 1.82) is 0 Å². The van der Waals surface area contributed by atoms with Crippen LogP contribution in [0.2, 0.25) is 0 Å². The quantitative estimate of drug-likeness (QED) is 0.535. The van der Waals surface area contributed by atoms with Crippen LogP contribution >= 0.6 is 0 Å².